The smallest absolute Gasteiger partial charge is 0.259 e. The number of carbonyl (C=O) groups is 2. The summed E-state index contributed by atoms with van der Waals surface area (Å²) in [6.45, 7) is 0.179. The van der Waals surface area contributed by atoms with Crippen LogP contribution in [0.15, 0.2) is 78.9 Å². The second kappa shape index (κ2) is 9.58. The van der Waals surface area contributed by atoms with Gasteiger partial charge in [-0.1, -0.05) is 54.1 Å². The lowest BCUT2D eigenvalue weighted by Crippen LogP contribution is -2.28. The van der Waals surface area contributed by atoms with Crippen LogP contribution in [0.25, 0.3) is 0 Å². The van der Waals surface area contributed by atoms with Crippen LogP contribution < -0.4 is 15.4 Å². The molecule has 0 aliphatic rings. The zero-order valence-corrected chi connectivity index (χ0v) is 15.8. The first-order valence-electron chi connectivity index (χ1n) is 8.71. The number of halogens is 1. The van der Waals surface area contributed by atoms with E-state index in [2.05, 4.69) is 10.6 Å². The van der Waals surface area contributed by atoms with Gasteiger partial charge in [0.1, 0.15) is 5.75 Å². The van der Waals surface area contributed by atoms with Gasteiger partial charge >= 0.3 is 0 Å². The summed E-state index contributed by atoms with van der Waals surface area (Å²) in [6.07, 6.45) is 0. The lowest BCUT2D eigenvalue weighted by molar-refractivity contribution is -0.123. The highest BCUT2D eigenvalue weighted by Gasteiger charge is 2.13. The normalized spacial score (nSPS) is 10.2. The number of nitrogens with one attached hydrogen (secondary N) is 2. The average molecular weight is 395 g/mol. The van der Waals surface area contributed by atoms with Gasteiger partial charge in [-0.05, 0) is 42.0 Å². The van der Waals surface area contributed by atoms with Crippen LogP contribution in [-0.4, -0.2) is 18.4 Å². The van der Waals surface area contributed by atoms with Crippen molar-refractivity contribution in [3.63, 3.8) is 0 Å². The highest BCUT2D eigenvalue weighted by molar-refractivity contribution is 6.30. The number of para-hydroxylation sites is 2. The fourth-order valence-electron chi connectivity index (χ4n) is 2.50. The third-order valence-electron chi connectivity index (χ3n) is 3.93. The second-order valence-electron chi connectivity index (χ2n) is 6.01. The summed E-state index contributed by atoms with van der Waals surface area (Å²) < 4.78 is 5.57. The van der Waals surface area contributed by atoms with Crippen LogP contribution in [0.4, 0.5) is 5.69 Å². The number of ether oxygens (including phenoxy) is 1. The Morgan fingerprint density at radius 2 is 1.54 bits per heavy atom. The molecule has 0 spiro atoms. The Morgan fingerprint density at radius 1 is 0.857 bits per heavy atom. The van der Waals surface area contributed by atoms with Crippen molar-refractivity contribution >= 4 is 29.1 Å². The van der Waals surface area contributed by atoms with E-state index in [0.717, 1.165) is 5.56 Å². The van der Waals surface area contributed by atoms with E-state index in [1.165, 1.54) is 0 Å². The van der Waals surface area contributed by atoms with Gasteiger partial charge in [-0.2, -0.15) is 0 Å². The van der Waals surface area contributed by atoms with E-state index in [-0.39, 0.29) is 18.4 Å². The Hall–Kier alpha value is -3.31. The number of carbonyl (C=O) groups excluding carboxylic acids is 2. The van der Waals surface area contributed by atoms with Crippen molar-refractivity contribution in [2.45, 2.75) is 6.54 Å². The summed E-state index contributed by atoms with van der Waals surface area (Å²) in [6, 6.07) is 23.2. The quantitative estimate of drug-likeness (QED) is 0.628. The fraction of sp³-hybridized carbons (Fsp3) is 0.0909. The first-order valence-corrected chi connectivity index (χ1v) is 9.09. The van der Waals surface area contributed by atoms with E-state index in [1.807, 2.05) is 30.3 Å². The van der Waals surface area contributed by atoms with Gasteiger partial charge in [0, 0.05) is 17.3 Å². The largest absolute Gasteiger partial charge is 0.483 e. The Balaban J connectivity index is 1.56. The molecule has 28 heavy (non-hydrogen) atoms. The highest BCUT2D eigenvalue weighted by atomic mass is 35.5. The molecule has 0 unspecified atom stereocenters. The fourth-order valence-corrected chi connectivity index (χ4v) is 2.62. The molecule has 142 valence electrons. The summed E-state index contributed by atoms with van der Waals surface area (Å²) in [7, 11) is 0. The number of hydrogen-bond acceptors (Lipinski definition) is 3. The second-order valence-corrected chi connectivity index (χ2v) is 6.44. The van der Waals surface area contributed by atoms with Gasteiger partial charge in [-0.25, -0.2) is 0 Å². The minimum Gasteiger partial charge on any atom is -0.483 e. The van der Waals surface area contributed by atoms with Gasteiger partial charge in [-0.3, -0.25) is 9.59 Å². The molecular weight excluding hydrogens is 376 g/mol. The summed E-state index contributed by atoms with van der Waals surface area (Å²) in [4.78, 5) is 24.6. The summed E-state index contributed by atoms with van der Waals surface area (Å²) in [5.41, 5.74) is 1.97. The molecule has 0 saturated carbocycles. The first kappa shape index (κ1) is 19.5. The van der Waals surface area contributed by atoms with Crippen LogP contribution in [0.1, 0.15) is 15.9 Å². The van der Waals surface area contributed by atoms with Crippen molar-refractivity contribution in [3.8, 4) is 5.75 Å². The van der Waals surface area contributed by atoms with Crippen molar-refractivity contribution in [2.75, 3.05) is 11.9 Å². The topological polar surface area (TPSA) is 67.4 Å². The molecule has 5 nitrogen and oxygen atoms in total. The van der Waals surface area contributed by atoms with Crippen LogP contribution in [0, 0.1) is 0 Å². The molecule has 0 fully saturated rings. The van der Waals surface area contributed by atoms with Crippen molar-refractivity contribution in [3.05, 3.63) is 95.0 Å². The van der Waals surface area contributed by atoms with Crippen molar-refractivity contribution in [1.82, 2.24) is 5.32 Å². The standard InChI is InChI=1S/C22H19ClN2O3/c23-17-12-10-16(11-13-17)14-24-21(26)15-28-20-9-5-4-8-19(20)22(27)25-18-6-2-1-3-7-18/h1-13H,14-15H2,(H,24,26)(H,25,27). The Labute approximate surface area is 168 Å². The average Bonchev–Trinajstić information content (AvgIpc) is 2.73. The molecule has 6 heteroatoms. The van der Waals surface area contributed by atoms with Gasteiger partial charge < -0.3 is 15.4 Å². The molecule has 0 heterocycles. The molecule has 0 aliphatic carbocycles. The van der Waals surface area contributed by atoms with Crippen molar-refractivity contribution in [2.24, 2.45) is 0 Å². The molecule has 0 aromatic heterocycles. The maximum absolute atomic E-state index is 12.5. The molecular formula is C22H19ClN2O3. The monoisotopic (exact) mass is 394 g/mol. The van der Waals surface area contributed by atoms with E-state index in [4.69, 9.17) is 16.3 Å². The molecule has 2 amide bonds. The molecule has 0 aliphatic heterocycles. The Morgan fingerprint density at radius 3 is 2.29 bits per heavy atom. The third kappa shape index (κ3) is 5.59. The maximum Gasteiger partial charge on any atom is 0.259 e. The SMILES string of the molecule is O=C(COc1ccccc1C(=O)Nc1ccccc1)NCc1ccc(Cl)cc1. The molecule has 0 bridgehead atoms. The zero-order chi connectivity index (χ0) is 19.8. The molecule has 0 saturated heterocycles. The number of benzene rings is 3. The first-order chi connectivity index (χ1) is 13.6. The predicted octanol–water partition coefficient (Wildman–Crippen LogP) is 4.29. The van der Waals surface area contributed by atoms with Crippen LogP contribution in [-0.2, 0) is 11.3 Å². The van der Waals surface area contributed by atoms with E-state index in [0.29, 0.717) is 28.6 Å². The number of rotatable bonds is 7. The van der Waals surface area contributed by atoms with Crippen molar-refractivity contribution in [1.29, 1.82) is 0 Å². The molecule has 0 atom stereocenters. The third-order valence-corrected chi connectivity index (χ3v) is 4.18. The molecule has 0 radical (unpaired) electrons. The van der Waals surface area contributed by atoms with Crippen LogP contribution in [0.2, 0.25) is 5.02 Å². The minimum absolute atomic E-state index is 0.191. The van der Waals surface area contributed by atoms with Crippen LogP contribution in [0.5, 0.6) is 5.75 Å². The highest BCUT2D eigenvalue weighted by Crippen LogP contribution is 2.19. The van der Waals surface area contributed by atoms with Gasteiger partial charge in [-0.15, -0.1) is 0 Å². The zero-order valence-electron chi connectivity index (χ0n) is 15.0. The lowest BCUT2D eigenvalue weighted by Gasteiger charge is -2.12. The molecule has 3 rings (SSSR count). The summed E-state index contributed by atoms with van der Waals surface area (Å²) >= 11 is 5.84. The molecule has 3 aromatic rings. The van der Waals surface area contributed by atoms with E-state index in [9.17, 15) is 9.59 Å². The van der Waals surface area contributed by atoms with E-state index < -0.39 is 0 Å². The van der Waals surface area contributed by atoms with E-state index >= 15 is 0 Å². The van der Waals surface area contributed by atoms with Crippen molar-refractivity contribution < 1.29 is 14.3 Å². The van der Waals surface area contributed by atoms with Gasteiger partial charge in [0.25, 0.3) is 11.8 Å². The van der Waals surface area contributed by atoms with Gasteiger partial charge in [0.05, 0.1) is 5.56 Å². The Kier molecular flexibility index (Phi) is 6.65. The number of hydrogen-bond donors (Lipinski definition) is 2. The minimum atomic E-state index is -0.302. The van der Waals surface area contributed by atoms with Gasteiger partial charge in [0.15, 0.2) is 6.61 Å². The molecule has 2 N–H and O–H groups in total. The maximum atomic E-state index is 12.5. The van der Waals surface area contributed by atoms with Crippen LogP contribution >= 0.6 is 11.6 Å². The summed E-state index contributed by atoms with van der Waals surface area (Å²) in [5.74, 6) is -0.242. The predicted molar refractivity (Wildman–Crippen MR) is 110 cm³/mol. The lowest BCUT2D eigenvalue weighted by atomic mass is 10.2. The van der Waals surface area contributed by atoms with E-state index in [1.54, 1.807) is 48.5 Å². The van der Waals surface area contributed by atoms with Gasteiger partial charge in [0.2, 0.25) is 0 Å². The van der Waals surface area contributed by atoms with Crippen LogP contribution in [0.3, 0.4) is 0 Å². The molecule has 3 aromatic carbocycles. The summed E-state index contributed by atoms with van der Waals surface area (Å²) in [5, 5.41) is 6.22. The number of anilines is 1. The Bertz CT molecular complexity index is 944. The number of amides is 2.